The molecule has 2 rings (SSSR count). The molecule has 5 nitrogen and oxygen atoms in total. The molecule has 26 heavy (non-hydrogen) atoms. The highest BCUT2D eigenvalue weighted by Gasteiger charge is 2.11. The van der Waals surface area contributed by atoms with E-state index < -0.39 is 0 Å². The van der Waals surface area contributed by atoms with Crippen LogP contribution in [-0.2, 0) is 13.2 Å². The summed E-state index contributed by atoms with van der Waals surface area (Å²) in [7, 11) is 1.60. The molecule has 0 atom stereocenters. The van der Waals surface area contributed by atoms with E-state index in [1.807, 2.05) is 30.3 Å². The van der Waals surface area contributed by atoms with Gasteiger partial charge in [-0.2, -0.15) is 0 Å². The summed E-state index contributed by atoms with van der Waals surface area (Å²) in [5, 5.41) is 16.4. The molecular weight excluding hydrogens is 375 g/mol. The number of aliphatic hydroxyl groups excluding tert-OH is 1. The second-order valence-corrected chi connectivity index (χ2v) is 6.44. The van der Waals surface area contributed by atoms with Crippen molar-refractivity contribution < 1.29 is 14.6 Å². The lowest BCUT2D eigenvalue weighted by Crippen LogP contribution is -2.28. The van der Waals surface area contributed by atoms with Crippen LogP contribution in [0.4, 0.5) is 0 Å². The molecule has 0 aromatic heterocycles. The van der Waals surface area contributed by atoms with Crippen LogP contribution >= 0.6 is 23.2 Å². The minimum Gasteiger partial charge on any atom is -0.493 e. The van der Waals surface area contributed by atoms with Crippen LogP contribution in [-0.4, -0.2) is 38.5 Å². The Hall–Kier alpha value is -1.50. The molecule has 0 saturated carbocycles. The molecule has 0 aliphatic heterocycles. The molecule has 142 valence electrons. The largest absolute Gasteiger partial charge is 0.493 e. The molecule has 0 unspecified atom stereocenters. The predicted molar refractivity (Wildman–Crippen MR) is 105 cm³/mol. The van der Waals surface area contributed by atoms with Crippen molar-refractivity contribution in [3.8, 4) is 11.5 Å². The Bertz CT molecular complexity index is 698. The molecule has 0 spiro atoms. The number of rotatable bonds is 11. The van der Waals surface area contributed by atoms with Gasteiger partial charge in [-0.05, 0) is 17.7 Å². The van der Waals surface area contributed by atoms with E-state index in [4.69, 9.17) is 37.8 Å². The smallest absolute Gasteiger partial charge is 0.163 e. The van der Waals surface area contributed by atoms with Gasteiger partial charge in [-0.15, -0.1) is 0 Å². The van der Waals surface area contributed by atoms with Crippen LogP contribution < -0.4 is 20.1 Å². The molecule has 0 radical (unpaired) electrons. The van der Waals surface area contributed by atoms with Gasteiger partial charge in [0.05, 0.1) is 13.7 Å². The lowest BCUT2D eigenvalue weighted by molar-refractivity contribution is 0.284. The standard InChI is InChI=1S/C19H24Cl2N2O3/c1-25-18-10-15(12-23-7-6-22-8-9-24)17(21)11-19(18)26-13-14-4-2-3-5-16(14)20/h2-5,10-11,22-24H,6-9,12-13H2,1H3. The van der Waals surface area contributed by atoms with Crippen molar-refractivity contribution in [1.29, 1.82) is 0 Å². The molecule has 3 N–H and O–H groups in total. The third-order valence-electron chi connectivity index (χ3n) is 3.76. The van der Waals surface area contributed by atoms with Gasteiger partial charge in [0.2, 0.25) is 0 Å². The SMILES string of the molecule is COc1cc(CNCCNCCO)c(Cl)cc1OCc1ccccc1Cl. The van der Waals surface area contributed by atoms with Gasteiger partial charge in [0.25, 0.3) is 0 Å². The first-order valence-corrected chi connectivity index (χ1v) is 9.16. The van der Waals surface area contributed by atoms with Gasteiger partial charge in [-0.1, -0.05) is 41.4 Å². The number of methoxy groups -OCH3 is 1. The van der Waals surface area contributed by atoms with E-state index in [0.29, 0.717) is 41.2 Å². The zero-order chi connectivity index (χ0) is 18.8. The highest BCUT2D eigenvalue weighted by molar-refractivity contribution is 6.31. The molecule has 7 heteroatoms. The Balaban J connectivity index is 1.96. The van der Waals surface area contributed by atoms with Crippen molar-refractivity contribution in [3.05, 3.63) is 57.6 Å². The summed E-state index contributed by atoms with van der Waals surface area (Å²) in [6.45, 7) is 3.21. The minimum atomic E-state index is 0.138. The Morgan fingerprint density at radius 2 is 1.69 bits per heavy atom. The van der Waals surface area contributed by atoms with Gasteiger partial charge in [0.15, 0.2) is 11.5 Å². The van der Waals surface area contributed by atoms with Gasteiger partial charge in [0, 0.05) is 47.9 Å². The molecular formula is C19H24Cl2N2O3. The number of nitrogens with one attached hydrogen (secondary N) is 2. The number of aliphatic hydroxyl groups is 1. The first kappa shape index (κ1) is 20.8. The van der Waals surface area contributed by atoms with Crippen LogP contribution in [0.25, 0.3) is 0 Å². The maximum atomic E-state index is 8.72. The fraction of sp³-hybridized carbons (Fsp3) is 0.368. The molecule has 2 aromatic rings. The number of hydrogen-bond donors (Lipinski definition) is 3. The quantitative estimate of drug-likeness (QED) is 0.507. The van der Waals surface area contributed by atoms with Crippen LogP contribution in [0.3, 0.4) is 0 Å². The highest BCUT2D eigenvalue weighted by Crippen LogP contribution is 2.34. The lowest BCUT2D eigenvalue weighted by Gasteiger charge is -2.15. The zero-order valence-corrected chi connectivity index (χ0v) is 16.2. The summed E-state index contributed by atoms with van der Waals surface area (Å²) in [6, 6.07) is 11.2. The maximum Gasteiger partial charge on any atom is 0.163 e. The Morgan fingerprint density at radius 1 is 0.923 bits per heavy atom. The first-order valence-electron chi connectivity index (χ1n) is 8.40. The van der Waals surface area contributed by atoms with E-state index in [-0.39, 0.29) is 6.61 Å². The zero-order valence-electron chi connectivity index (χ0n) is 14.7. The second kappa shape index (κ2) is 11.3. The van der Waals surface area contributed by atoms with Gasteiger partial charge in [0.1, 0.15) is 6.61 Å². The van der Waals surface area contributed by atoms with Crippen molar-refractivity contribution >= 4 is 23.2 Å². The normalized spacial score (nSPS) is 10.8. The van der Waals surface area contributed by atoms with Crippen LogP contribution in [0.1, 0.15) is 11.1 Å². The van der Waals surface area contributed by atoms with Crippen molar-refractivity contribution in [2.75, 3.05) is 33.4 Å². The molecule has 0 amide bonds. The predicted octanol–water partition coefficient (Wildman–Crippen LogP) is 3.25. The fourth-order valence-electron chi connectivity index (χ4n) is 2.36. The molecule has 0 aliphatic carbocycles. The van der Waals surface area contributed by atoms with E-state index in [0.717, 1.165) is 24.2 Å². The average molecular weight is 399 g/mol. The molecule has 0 saturated heterocycles. The van der Waals surface area contributed by atoms with Crippen LogP contribution in [0.5, 0.6) is 11.5 Å². The summed E-state index contributed by atoms with van der Waals surface area (Å²) < 4.78 is 11.3. The van der Waals surface area contributed by atoms with Crippen molar-refractivity contribution in [2.45, 2.75) is 13.2 Å². The monoisotopic (exact) mass is 398 g/mol. The molecule has 0 heterocycles. The van der Waals surface area contributed by atoms with E-state index >= 15 is 0 Å². The summed E-state index contributed by atoms with van der Waals surface area (Å²) in [5.74, 6) is 1.20. The molecule has 0 fully saturated rings. The van der Waals surface area contributed by atoms with Gasteiger partial charge in [-0.25, -0.2) is 0 Å². The Kier molecular flexibility index (Phi) is 9.01. The number of hydrogen-bond acceptors (Lipinski definition) is 5. The van der Waals surface area contributed by atoms with Crippen LogP contribution in [0.2, 0.25) is 10.0 Å². The molecule has 0 aliphatic rings. The number of ether oxygens (including phenoxy) is 2. The van der Waals surface area contributed by atoms with Crippen molar-refractivity contribution in [2.24, 2.45) is 0 Å². The average Bonchev–Trinajstić information content (AvgIpc) is 2.65. The van der Waals surface area contributed by atoms with Gasteiger partial charge < -0.3 is 25.2 Å². The Labute approximate surface area is 164 Å². The lowest BCUT2D eigenvalue weighted by atomic mass is 10.2. The number of halogens is 2. The van der Waals surface area contributed by atoms with Gasteiger partial charge in [-0.3, -0.25) is 0 Å². The molecule has 2 aromatic carbocycles. The fourth-order valence-corrected chi connectivity index (χ4v) is 2.77. The van der Waals surface area contributed by atoms with E-state index in [9.17, 15) is 0 Å². The van der Waals surface area contributed by atoms with Crippen LogP contribution in [0, 0.1) is 0 Å². The van der Waals surface area contributed by atoms with Crippen molar-refractivity contribution in [3.63, 3.8) is 0 Å². The summed E-state index contributed by atoms with van der Waals surface area (Å²) >= 11 is 12.5. The topological polar surface area (TPSA) is 62.8 Å². The minimum absolute atomic E-state index is 0.138. The van der Waals surface area contributed by atoms with E-state index in [2.05, 4.69) is 10.6 Å². The van der Waals surface area contributed by atoms with Gasteiger partial charge >= 0.3 is 0 Å². The highest BCUT2D eigenvalue weighted by atomic mass is 35.5. The van der Waals surface area contributed by atoms with Crippen LogP contribution in [0.15, 0.2) is 36.4 Å². The third kappa shape index (κ3) is 6.34. The van der Waals surface area contributed by atoms with Crippen molar-refractivity contribution in [1.82, 2.24) is 10.6 Å². The van der Waals surface area contributed by atoms with E-state index in [1.165, 1.54) is 0 Å². The third-order valence-corrected chi connectivity index (χ3v) is 4.48. The summed E-state index contributed by atoms with van der Waals surface area (Å²) in [5.41, 5.74) is 1.82. The summed E-state index contributed by atoms with van der Waals surface area (Å²) in [4.78, 5) is 0. The molecule has 0 bridgehead atoms. The maximum absolute atomic E-state index is 8.72. The second-order valence-electron chi connectivity index (χ2n) is 5.62. The Morgan fingerprint density at radius 3 is 2.42 bits per heavy atom. The number of benzene rings is 2. The first-order chi connectivity index (χ1) is 12.7. The summed E-state index contributed by atoms with van der Waals surface area (Å²) in [6.07, 6.45) is 0. The van der Waals surface area contributed by atoms with E-state index in [1.54, 1.807) is 13.2 Å².